The molecule has 1 aliphatic rings. The van der Waals surface area contributed by atoms with Gasteiger partial charge in [0.1, 0.15) is 40.7 Å². The largest absolute Gasteiger partial charge is 0.394 e. The van der Waals surface area contributed by atoms with E-state index in [1.807, 2.05) is 0 Å². The normalized spacial score (nSPS) is 28.7. The summed E-state index contributed by atoms with van der Waals surface area (Å²) in [6.07, 6.45) is -1.52. The summed E-state index contributed by atoms with van der Waals surface area (Å²) >= 11 is 18.2. The van der Waals surface area contributed by atoms with Crippen molar-refractivity contribution in [1.82, 2.24) is 20.0 Å². The molecule has 3 heterocycles. The second-order valence-corrected chi connectivity index (χ2v) is 9.14. The van der Waals surface area contributed by atoms with Crippen LogP contribution in [0.15, 0.2) is 29.8 Å². The van der Waals surface area contributed by atoms with Crippen LogP contribution in [0.1, 0.15) is 5.56 Å². The van der Waals surface area contributed by atoms with E-state index in [9.17, 15) is 10.2 Å². The molecular weight excluding hydrogens is 485 g/mol. The molecule has 0 aliphatic carbocycles. The van der Waals surface area contributed by atoms with Crippen molar-refractivity contribution in [2.75, 3.05) is 19.5 Å². The first-order valence-electron chi connectivity index (χ1n) is 9.07. The molecule has 0 saturated carbocycles. The van der Waals surface area contributed by atoms with Gasteiger partial charge in [0, 0.05) is 12.5 Å². The zero-order chi connectivity index (χ0) is 22.3. The lowest BCUT2D eigenvalue weighted by Crippen LogP contribution is -2.67. The Morgan fingerprint density at radius 2 is 2.13 bits per heavy atom. The molecule has 31 heavy (non-hydrogen) atoms. The zero-order valence-electron chi connectivity index (χ0n) is 16.1. The van der Waals surface area contributed by atoms with Crippen molar-refractivity contribution in [3.63, 3.8) is 0 Å². The number of aliphatic hydroxyl groups is 2. The first-order chi connectivity index (χ1) is 14.8. The fourth-order valence-corrected chi connectivity index (χ4v) is 5.24. The number of rotatable bonds is 5. The van der Waals surface area contributed by atoms with Crippen LogP contribution in [0, 0.1) is 0 Å². The van der Waals surface area contributed by atoms with Gasteiger partial charge in [-0.2, -0.15) is 0 Å². The molecule has 1 fully saturated rings. The highest BCUT2D eigenvalue weighted by Gasteiger charge is 2.59. The van der Waals surface area contributed by atoms with Gasteiger partial charge in [0.15, 0.2) is 5.13 Å². The molecule has 1 aromatic carbocycles. The Labute approximate surface area is 197 Å². The minimum absolute atomic E-state index is 0.274. The van der Waals surface area contributed by atoms with Crippen molar-refractivity contribution in [2.24, 2.45) is 0 Å². The molecule has 0 amide bonds. The number of hydrogen-bond acceptors (Lipinski definition) is 10. The SMILES string of the molecule is CO[C@@H]1[C@H](S)O[C@@H](CO)[C@@H](O)[C@@]1(c1ccc(Cl)c(Cl)c1)n1cc(-c2csc(N)n2)nn1. The number of methoxy groups -OCH3 is 1. The van der Waals surface area contributed by atoms with Crippen molar-refractivity contribution in [1.29, 1.82) is 0 Å². The molecule has 5 atom stereocenters. The molecule has 0 radical (unpaired) electrons. The number of ether oxygens (including phenoxy) is 2. The Balaban J connectivity index is 1.96. The van der Waals surface area contributed by atoms with E-state index in [1.165, 1.54) is 23.1 Å². The van der Waals surface area contributed by atoms with Gasteiger partial charge in [-0.05, 0) is 17.7 Å². The average molecular weight is 504 g/mol. The maximum Gasteiger partial charge on any atom is 0.180 e. The molecule has 0 spiro atoms. The molecule has 4 rings (SSSR count). The molecule has 4 N–H and O–H groups in total. The Morgan fingerprint density at radius 1 is 1.35 bits per heavy atom. The van der Waals surface area contributed by atoms with Crippen LogP contribution in [0.4, 0.5) is 5.13 Å². The molecule has 166 valence electrons. The van der Waals surface area contributed by atoms with Gasteiger partial charge in [-0.15, -0.1) is 29.1 Å². The maximum absolute atomic E-state index is 11.5. The molecule has 13 heteroatoms. The van der Waals surface area contributed by atoms with E-state index in [0.29, 0.717) is 27.1 Å². The number of nitrogens with two attached hydrogens (primary N) is 1. The van der Waals surface area contributed by atoms with Crippen LogP contribution < -0.4 is 5.73 Å². The lowest BCUT2D eigenvalue weighted by atomic mass is 9.75. The number of nitrogen functional groups attached to an aromatic ring is 1. The van der Waals surface area contributed by atoms with Gasteiger partial charge in [0.25, 0.3) is 0 Å². The predicted octanol–water partition coefficient (Wildman–Crippen LogP) is 2.06. The fraction of sp³-hybridized carbons (Fsp3) is 0.389. The second kappa shape index (κ2) is 8.83. The van der Waals surface area contributed by atoms with Crippen molar-refractivity contribution in [3.05, 3.63) is 45.4 Å². The number of hydrogen-bond donors (Lipinski definition) is 4. The van der Waals surface area contributed by atoms with Crippen molar-refractivity contribution < 1.29 is 19.7 Å². The number of aliphatic hydroxyl groups excluding tert-OH is 2. The van der Waals surface area contributed by atoms with Crippen LogP contribution in [-0.2, 0) is 15.0 Å². The third-order valence-electron chi connectivity index (χ3n) is 5.28. The molecule has 3 aromatic rings. The molecule has 0 bridgehead atoms. The average Bonchev–Trinajstić information content (AvgIpc) is 3.40. The first kappa shape index (κ1) is 22.7. The zero-order valence-corrected chi connectivity index (χ0v) is 19.3. The molecule has 0 unspecified atom stereocenters. The van der Waals surface area contributed by atoms with Crippen LogP contribution in [0.5, 0.6) is 0 Å². The number of anilines is 1. The number of benzene rings is 1. The summed E-state index contributed by atoms with van der Waals surface area (Å²) in [4.78, 5) is 4.23. The highest BCUT2D eigenvalue weighted by molar-refractivity contribution is 7.80. The summed E-state index contributed by atoms with van der Waals surface area (Å²) in [5, 5.41) is 32.6. The lowest BCUT2D eigenvalue weighted by Gasteiger charge is -2.51. The minimum Gasteiger partial charge on any atom is -0.394 e. The number of nitrogens with zero attached hydrogens (tertiary/aromatic N) is 4. The van der Waals surface area contributed by atoms with Crippen molar-refractivity contribution >= 4 is 52.3 Å². The summed E-state index contributed by atoms with van der Waals surface area (Å²) < 4.78 is 12.9. The lowest BCUT2D eigenvalue weighted by molar-refractivity contribution is -0.213. The van der Waals surface area contributed by atoms with Gasteiger partial charge >= 0.3 is 0 Å². The van der Waals surface area contributed by atoms with Gasteiger partial charge in [0.05, 0.1) is 22.8 Å². The van der Waals surface area contributed by atoms with Crippen LogP contribution in [-0.4, -0.2) is 67.7 Å². The van der Waals surface area contributed by atoms with E-state index >= 15 is 0 Å². The molecule has 1 saturated heterocycles. The van der Waals surface area contributed by atoms with Crippen LogP contribution in [0.2, 0.25) is 10.0 Å². The Bertz CT molecular complexity index is 1080. The topological polar surface area (TPSA) is 129 Å². The van der Waals surface area contributed by atoms with Crippen molar-refractivity contribution in [2.45, 2.75) is 29.3 Å². The van der Waals surface area contributed by atoms with Crippen LogP contribution >= 0.6 is 47.2 Å². The molecular formula is C18H19Cl2N5O4S2. The highest BCUT2D eigenvalue weighted by Crippen LogP contribution is 2.45. The fourth-order valence-electron chi connectivity index (χ4n) is 3.88. The number of thiazole rings is 1. The van der Waals surface area contributed by atoms with Crippen LogP contribution in [0.25, 0.3) is 11.4 Å². The van der Waals surface area contributed by atoms with E-state index in [0.717, 1.165) is 0 Å². The van der Waals surface area contributed by atoms with E-state index in [1.54, 1.807) is 29.8 Å². The maximum atomic E-state index is 11.5. The Hall–Kier alpha value is -1.44. The standard InChI is InChI=1S/C18H19Cl2N5O4S2/c1-28-15-16(30)29-13(6-26)14(27)18(15,8-2-3-9(19)10(20)4-8)25-5-11(23-24-25)12-7-31-17(21)22-12/h2-5,7,13-16,26-27,30H,6H2,1H3,(H2,21,22)/t13-,14+,15+,16-,18+/m0/s1. The molecule has 9 nitrogen and oxygen atoms in total. The smallest absolute Gasteiger partial charge is 0.180 e. The van der Waals surface area contributed by atoms with Crippen molar-refractivity contribution in [3.8, 4) is 11.4 Å². The highest BCUT2D eigenvalue weighted by atomic mass is 35.5. The number of thiol groups is 1. The molecule has 2 aromatic heterocycles. The van der Waals surface area contributed by atoms with Gasteiger partial charge in [-0.3, -0.25) is 0 Å². The van der Waals surface area contributed by atoms with E-state index < -0.39 is 35.9 Å². The second-order valence-electron chi connectivity index (χ2n) is 6.92. The summed E-state index contributed by atoms with van der Waals surface area (Å²) in [5.41, 5.74) is 5.02. The van der Waals surface area contributed by atoms with E-state index in [4.69, 9.17) is 38.4 Å². The third kappa shape index (κ3) is 3.72. The van der Waals surface area contributed by atoms with Gasteiger partial charge in [-0.25, -0.2) is 9.67 Å². The van der Waals surface area contributed by atoms with Gasteiger partial charge in [0.2, 0.25) is 0 Å². The van der Waals surface area contributed by atoms with Crippen LogP contribution in [0.3, 0.4) is 0 Å². The predicted molar refractivity (Wildman–Crippen MR) is 121 cm³/mol. The summed E-state index contributed by atoms with van der Waals surface area (Å²) in [6, 6.07) is 4.92. The molecule has 1 aliphatic heterocycles. The first-order valence-corrected chi connectivity index (χ1v) is 11.2. The van der Waals surface area contributed by atoms with E-state index in [2.05, 4.69) is 27.9 Å². The Kier molecular flexibility index (Phi) is 6.48. The van der Waals surface area contributed by atoms with E-state index in [-0.39, 0.29) is 5.02 Å². The monoisotopic (exact) mass is 503 g/mol. The van der Waals surface area contributed by atoms with Gasteiger partial charge < -0.3 is 25.4 Å². The Morgan fingerprint density at radius 3 is 2.74 bits per heavy atom. The van der Waals surface area contributed by atoms with Gasteiger partial charge in [-0.1, -0.05) is 34.5 Å². The third-order valence-corrected chi connectivity index (χ3v) is 7.09. The number of aromatic nitrogens is 4. The summed E-state index contributed by atoms with van der Waals surface area (Å²) in [6.45, 7) is -0.456. The number of halogens is 2. The minimum atomic E-state index is -1.41. The summed E-state index contributed by atoms with van der Waals surface area (Å²) in [5.74, 6) is 0. The quantitative estimate of drug-likeness (QED) is 0.389. The summed E-state index contributed by atoms with van der Waals surface area (Å²) in [7, 11) is 1.47.